The second-order valence-electron chi connectivity index (χ2n) is 3.16. The molecule has 0 aliphatic heterocycles. The Morgan fingerprint density at radius 3 is 2.00 bits per heavy atom. The molecule has 0 fully saturated rings. The van der Waals surface area contributed by atoms with E-state index in [0.29, 0.717) is 19.6 Å². The molecule has 1 amide bonds. The van der Waals surface area contributed by atoms with Gasteiger partial charge in [0.05, 0.1) is 6.61 Å². The summed E-state index contributed by atoms with van der Waals surface area (Å²) in [7, 11) is 0. The maximum atomic E-state index is 11.1. The monoisotopic (exact) mass is 261 g/mol. The summed E-state index contributed by atoms with van der Waals surface area (Å²) in [5.41, 5.74) is 0. The maximum absolute atomic E-state index is 11.1. The van der Waals surface area contributed by atoms with Crippen molar-refractivity contribution in [2.75, 3.05) is 19.8 Å². The molecule has 0 atom stereocenters. The third-order valence-electron chi connectivity index (χ3n) is 1.62. The molecule has 4 heteroatoms. The van der Waals surface area contributed by atoms with Crippen molar-refractivity contribution in [3.63, 3.8) is 0 Å². The molecule has 0 heterocycles. The zero-order valence-electron chi connectivity index (χ0n) is 13.0. The lowest BCUT2D eigenvalue weighted by atomic mass is 10.2. The number of ketones is 1. The first-order valence-electron chi connectivity index (χ1n) is 7.00. The van der Waals surface area contributed by atoms with Gasteiger partial charge in [-0.05, 0) is 13.3 Å². The number of rotatable bonds is 8. The molecule has 0 aromatic carbocycles. The molecule has 0 unspecified atom stereocenters. The van der Waals surface area contributed by atoms with Crippen LogP contribution in [0.5, 0.6) is 0 Å². The highest BCUT2D eigenvalue weighted by Crippen LogP contribution is 1.89. The minimum atomic E-state index is -0.0831. The van der Waals surface area contributed by atoms with E-state index in [4.69, 9.17) is 4.74 Å². The first-order chi connectivity index (χ1) is 8.66. The van der Waals surface area contributed by atoms with Gasteiger partial charge in [0.1, 0.15) is 5.78 Å². The average Bonchev–Trinajstić information content (AvgIpc) is 2.41. The van der Waals surface area contributed by atoms with E-state index >= 15 is 0 Å². The van der Waals surface area contributed by atoms with E-state index in [0.717, 1.165) is 13.0 Å². The fraction of sp³-hybridized carbons (Fsp3) is 0.857. The quantitative estimate of drug-likeness (QED) is 0.683. The van der Waals surface area contributed by atoms with Crippen LogP contribution in [-0.2, 0) is 14.3 Å². The largest absolute Gasteiger partial charge is 0.380 e. The highest BCUT2D eigenvalue weighted by Gasteiger charge is 2.01. The summed E-state index contributed by atoms with van der Waals surface area (Å²) in [5, 5.41) is 2.68. The van der Waals surface area contributed by atoms with E-state index in [9.17, 15) is 9.59 Å². The third kappa shape index (κ3) is 24.4. The molecule has 4 nitrogen and oxygen atoms in total. The molecule has 0 aromatic rings. The van der Waals surface area contributed by atoms with Crippen LogP contribution in [0, 0.1) is 0 Å². The minimum Gasteiger partial charge on any atom is -0.380 e. The maximum Gasteiger partial charge on any atom is 0.220 e. The topological polar surface area (TPSA) is 55.4 Å². The number of carbonyl (C=O) groups is 2. The molecule has 1 N–H and O–H groups in total. The van der Waals surface area contributed by atoms with Crippen molar-refractivity contribution in [1.82, 2.24) is 5.32 Å². The van der Waals surface area contributed by atoms with Crippen molar-refractivity contribution in [2.45, 2.75) is 60.8 Å². The van der Waals surface area contributed by atoms with Gasteiger partial charge in [0.25, 0.3) is 0 Å². The molecule has 0 aliphatic carbocycles. The van der Waals surface area contributed by atoms with Crippen LogP contribution in [0.4, 0.5) is 0 Å². The van der Waals surface area contributed by atoms with Crippen LogP contribution in [0.15, 0.2) is 0 Å². The highest BCUT2D eigenvalue weighted by atomic mass is 16.5. The minimum absolute atomic E-state index is 0.0439. The number of ether oxygens (including phenoxy) is 1. The second-order valence-corrected chi connectivity index (χ2v) is 3.16. The Labute approximate surface area is 112 Å². The summed E-state index contributed by atoms with van der Waals surface area (Å²) >= 11 is 0. The summed E-state index contributed by atoms with van der Waals surface area (Å²) < 4.78 is 5.18. The SMILES string of the molecule is CC.CC.CCCOCCNC(=O)CCC(C)=O. The molecule has 0 rings (SSSR count). The van der Waals surface area contributed by atoms with Crippen LogP contribution in [0.2, 0.25) is 0 Å². The van der Waals surface area contributed by atoms with Crippen molar-refractivity contribution in [3.8, 4) is 0 Å². The molecule has 0 bridgehead atoms. The molecular formula is C14H31NO3. The van der Waals surface area contributed by atoms with Crippen molar-refractivity contribution in [2.24, 2.45) is 0 Å². The van der Waals surface area contributed by atoms with Gasteiger partial charge in [0, 0.05) is 26.0 Å². The summed E-state index contributed by atoms with van der Waals surface area (Å²) in [6.45, 7) is 13.3. The van der Waals surface area contributed by atoms with E-state index in [2.05, 4.69) is 5.32 Å². The van der Waals surface area contributed by atoms with Crippen LogP contribution in [-0.4, -0.2) is 31.4 Å². The fourth-order valence-electron chi connectivity index (χ4n) is 0.887. The van der Waals surface area contributed by atoms with E-state index in [-0.39, 0.29) is 18.1 Å². The number of hydrogen-bond acceptors (Lipinski definition) is 3. The van der Waals surface area contributed by atoms with Gasteiger partial charge in [-0.2, -0.15) is 0 Å². The third-order valence-corrected chi connectivity index (χ3v) is 1.62. The Hall–Kier alpha value is -0.900. The van der Waals surface area contributed by atoms with Gasteiger partial charge in [-0.25, -0.2) is 0 Å². The standard InChI is InChI=1S/C10H19NO3.2C2H6/c1-3-7-14-8-6-11-10(13)5-4-9(2)12;2*1-2/h3-8H2,1-2H3,(H,11,13);2*1-2H3. The smallest absolute Gasteiger partial charge is 0.220 e. The molecule has 0 saturated heterocycles. The number of Topliss-reactive ketones (excluding diaryl/α,β-unsaturated/α-hetero) is 1. The van der Waals surface area contributed by atoms with Gasteiger partial charge < -0.3 is 14.8 Å². The van der Waals surface area contributed by atoms with Crippen LogP contribution >= 0.6 is 0 Å². The number of carbonyl (C=O) groups excluding carboxylic acids is 2. The van der Waals surface area contributed by atoms with E-state index < -0.39 is 0 Å². The lowest BCUT2D eigenvalue weighted by Gasteiger charge is -2.04. The second kappa shape index (κ2) is 21.4. The zero-order chi connectivity index (χ0) is 14.8. The van der Waals surface area contributed by atoms with Crippen LogP contribution < -0.4 is 5.32 Å². The van der Waals surface area contributed by atoms with Crippen molar-refractivity contribution < 1.29 is 14.3 Å². The molecule has 0 aliphatic rings. The van der Waals surface area contributed by atoms with Crippen molar-refractivity contribution >= 4 is 11.7 Å². The predicted molar refractivity (Wildman–Crippen MR) is 76.7 cm³/mol. The Morgan fingerprint density at radius 2 is 1.56 bits per heavy atom. The van der Waals surface area contributed by atoms with E-state index in [1.54, 1.807) is 0 Å². The van der Waals surface area contributed by atoms with Crippen molar-refractivity contribution in [1.29, 1.82) is 0 Å². The van der Waals surface area contributed by atoms with Gasteiger partial charge in [-0.15, -0.1) is 0 Å². The molecule has 110 valence electrons. The zero-order valence-corrected chi connectivity index (χ0v) is 13.0. The van der Waals surface area contributed by atoms with Gasteiger partial charge >= 0.3 is 0 Å². The molecule has 0 aromatic heterocycles. The van der Waals surface area contributed by atoms with Crippen LogP contribution in [0.25, 0.3) is 0 Å². The molecule has 0 radical (unpaired) electrons. The van der Waals surface area contributed by atoms with E-state index in [1.165, 1.54) is 6.92 Å². The first-order valence-corrected chi connectivity index (χ1v) is 7.00. The number of amides is 1. The summed E-state index contributed by atoms with van der Waals surface area (Å²) in [5.74, 6) is -0.0392. The van der Waals surface area contributed by atoms with Crippen molar-refractivity contribution in [3.05, 3.63) is 0 Å². The molecule has 0 saturated carbocycles. The van der Waals surface area contributed by atoms with E-state index in [1.807, 2.05) is 34.6 Å². The van der Waals surface area contributed by atoms with Gasteiger partial charge in [0.15, 0.2) is 0 Å². The lowest BCUT2D eigenvalue weighted by molar-refractivity contribution is -0.124. The predicted octanol–water partition coefficient (Wildman–Crippen LogP) is 2.95. The summed E-state index contributed by atoms with van der Waals surface area (Å²) in [6.07, 6.45) is 1.59. The fourth-order valence-corrected chi connectivity index (χ4v) is 0.887. The number of nitrogens with one attached hydrogen (secondary N) is 1. The highest BCUT2D eigenvalue weighted by molar-refractivity contribution is 5.83. The Morgan fingerprint density at radius 1 is 1.00 bits per heavy atom. The first kappa shape index (κ1) is 22.3. The Kier molecular flexibility index (Phi) is 26.5. The van der Waals surface area contributed by atoms with Gasteiger partial charge in [-0.1, -0.05) is 34.6 Å². The Balaban J connectivity index is -0.000000506. The summed E-state index contributed by atoms with van der Waals surface area (Å²) in [6, 6.07) is 0. The molecular weight excluding hydrogens is 230 g/mol. The number of hydrogen-bond donors (Lipinski definition) is 1. The normalized spacial score (nSPS) is 8.33. The molecule has 18 heavy (non-hydrogen) atoms. The average molecular weight is 261 g/mol. The van der Waals surface area contributed by atoms with Gasteiger partial charge in [0.2, 0.25) is 5.91 Å². The van der Waals surface area contributed by atoms with Gasteiger partial charge in [-0.3, -0.25) is 4.79 Å². The lowest BCUT2D eigenvalue weighted by Crippen LogP contribution is -2.27. The molecule has 0 spiro atoms. The summed E-state index contributed by atoms with van der Waals surface area (Å²) in [4.78, 5) is 21.6. The van der Waals surface area contributed by atoms with Crippen LogP contribution in [0.1, 0.15) is 60.8 Å². The Bertz CT molecular complexity index is 182. The van der Waals surface area contributed by atoms with Crippen LogP contribution in [0.3, 0.4) is 0 Å².